The highest BCUT2D eigenvalue weighted by Gasteiger charge is 2.15. The second kappa shape index (κ2) is 5.14. The summed E-state index contributed by atoms with van der Waals surface area (Å²) in [4.78, 5) is 5.92. The summed E-state index contributed by atoms with van der Waals surface area (Å²) in [5, 5.41) is 0. The zero-order valence-electron chi connectivity index (χ0n) is 11.2. The van der Waals surface area contributed by atoms with Gasteiger partial charge in [-0.1, -0.05) is 52.0 Å². The quantitative estimate of drug-likeness (QED) is 0.717. The van der Waals surface area contributed by atoms with Crippen molar-refractivity contribution in [2.24, 2.45) is 0 Å². The van der Waals surface area contributed by atoms with Gasteiger partial charge in [0.2, 0.25) is 0 Å². The number of thiazole rings is 1. The van der Waals surface area contributed by atoms with E-state index in [0.717, 1.165) is 16.0 Å². The molecular formula is C15H18BrNS. The maximum atomic E-state index is 4.58. The Kier molecular flexibility index (Phi) is 3.93. The fourth-order valence-electron chi connectivity index (χ4n) is 1.92. The highest BCUT2D eigenvalue weighted by Crippen LogP contribution is 2.32. The first-order chi connectivity index (χ1) is 8.41. The largest absolute Gasteiger partial charge is 0.229 e. The molecule has 0 N–H and O–H groups in total. The topological polar surface area (TPSA) is 12.9 Å². The Bertz CT molecular complexity index is 535. The molecule has 0 fully saturated rings. The molecule has 1 aromatic heterocycles. The van der Waals surface area contributed by atoms with Gasteiger partial charge in [0.1, 0.15) is 0 Å². The van der Waals surface area contributed by atoms with Gasteiger partial charge >= 0.3 is 0 Å². The van der Waals surface area contributed by atoms with Gasteiger partial charge in [0.15, 0.2) is 3.92 Å². The van der Waals surface area contributed by atoms with Gasteiger partial charge in [-0.25, -0.2) is 4.98 Å². The number of halogens is 1. The van der Waals surface area contributed by atoms with E-state index in [9.17, 15) is 0 Å². The van der Waals surface area contributed by atoms with E-state index in [2.05, 4.69) is 72.9 Å². The van der Waals surface area contributed by atoms with Crippen LogP contribution in [0.5, 0.6) is 0 Å². The molecule has 0 aliphatic rings. The Hall–Kier alpha value is -0.670. The van der Waals surface area contributed by atoms with E-state index in [-0.39, 0.29) is 5.41 Å². The number of hydrogen-bond donors (Lipinski definition) is 0. The Balaban J connectivity index is 2.40. The van der Waals surface area contributed by atoms with Crippen LogP contribution in [0.1, 0.15) is 38.1 Å². The van der Waals surface area contributed by atoms with Crippen molar-refractivity contribution in [3.8, 4) is 11.3 Å². The van der Waals surface area contributed by atoms with E-state index in [1.807, 2.05) is 0 Å². The average Bonchev–Trinajstić information content (AvgIpc) is 2.69. The molecule has 0 atom stereocenters. The predicted octanol–water partition coefficient (Wildman–Crippen LogP) is 5.43. The Morgan fingerprint density at radius 1 is 1.17 bits per heavy atom. The maximum absolute atomic E-state index is 4.58. The second-order valence-electron chi connectivity index (χ2n) is 5.42. The number of benzene rings is 1. The van der Waals surface area contributed by atoms with Crippen LogP contribution in [0.3, 0.4) is 0 Å². The molecule has 0 bridgehead atoms. The molecule has 0 spiro atoms. The van der Waals surface area contributed by atoms with Gasteiger partial charge in [-0.15, -0.1) is 11.3 Å². The third kappa shape index (κ3) is 2.83. The lowest BCUT2D eigenvalue weighted by molar-refractivity contribution is 0.590. The molecule has 1 aromatic carbocycles. The number of aromatic nitrogens is 1. The molecule has 0 aliphatic carbocycles. The molecule has 2 aromatic rings. The Labute approximate surface area is 121 Å². The van der Waals surface area contributed by atoms with Crippen molar-refractivity contribution in [3.05, 3.63) is 38.6 Å². The average molecular weight is 324 g/mol. The van der Waals surface area contributed by atoms with Crippen LogP contribution in [-0.2, 0) is 11.8 Å². The van der Waals surface area contributed by atoms with E-state index in [1.165, 1.54) is 16.0 Å². The zero-order valence-corrected chi connectivity index (χ0v) is 13.7. The van der Waals surface area contributed by atoms with Gasteiger partial charge in [0.25, 0.3) is 0 Å². The first-order valence-corrected chi connectivity index (χ1v) is 7.79. The second-order valence-corrected chi connectivity index (χ2v) is 7.78. The van der Waals surface area contributed by atoms with Crippen molar-refractivity contribution in [1.82, 2.24) is 4.98 Å². The molecule has 0 saturated carbocycles. The van der Waals surface area contributed by atoms with E-state index < -0.39 is 0 Å². The van der Waals surface area contributed by atoms with Crippen LogP contribution in [0.25, 0.3) is 11.3 Å². The molecule has 3 heteroatoms. The van der Waals surface area contributed by atoms with Crippen LogP contribution >= 0.6 is 27.3 Å². The van der Waals surface area contributed by atoms with Crippen molar-refractivity contribution < 1.29 is 0 Å². The lowest BCUT2D eigenvalue weighted by Crippen LogP contribution is -2.10. The number of aryl methyl sites for hydroxylation is 1. The summed E-state index contributed by atoms with van der Waals surface area (Å²) in [6.45, 7) is 8.88. The molecule has 0 unspecified atom stereocenters. The SMILES string of the molecule is CCc1sc(Br)nc1-c1ccc(C(C)(C)C)cc1. The fraction of sp³-hybridized carbons (Fsp3) is 0.400. The normalized spacial score (nSPS) is 11.8. The first kappa shape index (κ1) is 13.8. The van der Waals surface area contributed by atoms with E-state index in [1.54, 1.807) is 11.3 Å². The van der Waals surface area contributed by atoms with Crippen LogP contribution in [-0.4, -0.2) is 4.98 Å². The molecule has 1 nitrogen and oxygen atoms in total. The molecule has 0 radical (unpaired) electrons. The molecule has 1 heterocycles. The minimum atomic E-state index is 0.203. The third-order valence-electron chi connectivity index (χ3n) is 3.02. The van der Waals surface area contributed by atoms with Gasteiger partial charge in [0, 0.05) is 10.4 Å². The van der Waals surface area contributed by atoms with Gasteiger partial charge < -0.3 is 0 Å². The Morgan fingerprint density at radius 3 is 2.28 bits per heavy atom. The lowest BCUT2D eigenvalue weighted by atomic mass is 9.86. The summed E-state index contributed by atoms with van der Waals surface area (Å²) in [7, 11) is 0. The monoisotopic (exact) mass is 323 g/mol. The number of rotatable bonds is 2. The molecular weight excluding hydrogens is 306 g/mol. The van der Waals surface area contributed by atoms with E-state index >= 15 is 0 Å². The van der Waals surface area contributed by atoms with Crippen molar-refractivity contribution in [2.45, 2.75) is 39.5 Å². The summed E-state index contributed by atoms with van der Waals surface area (Å²) in [6, 6.07) is 8.78. The van der Waals surface area contributed by atoms with Gasteiger partial charge in [-0.3, -0.25) is 0 Å². The van der Waals surface area contributed by atoms with Crippen molar-refractivity contribution in [3.63, 3.8) is 0 Å². The number of hydrogen-bond acceptors (Lipinski definition) is 2. The standard InChI is InChI=1S/C15H18BrNS/c1-5-12-13(17-14(16)18-12)10-6-8-11(9-7-10)15(2,3)4/h6-9H,5H2,1-4H3. The molecule has 0 aliphatic heterocycles. The van der Waals surface area contributed by atoms with Crippen molar-refractivity contribution >= 4 is 27.3 Å². The predicted molar refractivity (Wildman–Crippen MR) is 83.3 cm³/mol. The summed E-state index contributed by atoms with van der Waals surface area (Å²) in [5.41, 5.74) is 3.89. The molecule has 0 amide bonds. The maximum Gasteiger partial charge on any atom is 0.160 e. The molecule has 18 heavy (non-hydrogen) atoms. The van der Waals surface area contributed by atoms with Gasteiger partial charge in [-0.2, -0.15) is 0 Å². The summed E-state index contributed by atoms with van der Waals surface area (Å²) in [6.07, 6.45) is 1.03. The summed E-state index contributed by atoms with van der Waals surface area (Å²) in [5.74, 6) is 0. The molecule has 0 saturated heterocycles. The highest BCUT2D eigenvalue weighted by molar-refractivity contribution is 9.11. The van der Waals surface area contributed by atoms with E-state index in [0.29, 0.717) is 0 Å². The van der Waals surface area contributed by atoms with Crippen LogP contribution in [0.15, 0.2) is 28.2 Å². The van der Waals surface area contributed by atoms with Crippen LogP contribution < -0.4 is 0 Å². The smallest absolute Gasteiger partial charge is 0.160 e. The lowest BCUT2D eigenvalue weighted by Gasteiger charge is -2.19. The van der Waals surface area contributed by atoms with Crippen LogP contribution in [0.4, 0.5) is 0 Å². The molecule has 2 rings (SSSR count). The molecule has 96 valence electrons. The van der Waals surface area contributed by atoms with Crippen LogP contribution in [0.2, 0.25) is 0 Å². The van der Waals surface area contributed by atoms with Crippen molar-refractivity contribution in [1.29, 1.82) is 0 Å². The third-order valence-corrected chi connectivity index (χ3v) is 4.67. The van der Waals surface area contributed by atoms with E-state index in [4.69, 9.17) is 0 Å². The first-order valence-electron chi connectivity index (χ1n) is 6.18. The van der Waals surface area contributed by atoms with Gasteiger partial charge in [0.05, 0.1) is 5.69 Å². The number of nitrogens with zero attached hydrogens (tertiary/aromatic N) is 1. The Morgan fingerprint density at radius 2 is 1.78 bits per heavy atom. The minimum absolute atomic E-state index is 0.203. The summed E-state index contributed by atoms with van der Waals surface area (Å²) < 4.78 is 0.967. The van der Waals surface area contributed by atoms with Crippen LogP contribution in [0, 0.1) is 0 Å². The summed E-state index contributed by atoms with van der Waals surface area (Å²) >= 11 is 5.20. The zero-order chi connectivity index (χ0) is 13.3. The minimum Gasteiger partial charge on any atom is -0.229 e. The van der Waals surface area contributed by atoms with Gasteiger partial charge in [-0.05, 0) is 33.3 Å². The van der Waals surface area contributed by atoms with Crippen molar-refractivity contribution in [2.75, 3.05) is 0 Å². The fourth-order valence-corrected chi connectivity index (χ4v) is 3.42. The highest BCUT2D eigenvalue weighted by atomic mass is 79.9.